The van der Waals surface area contributed by atoms with E-state index in [-0.39, 0.29) is 27.9 Å². The molecule has 9 heteroatoms. The first-order valence-electron chi connectivity index (χ1n) is 11.3. The molecule has 186 valence electrons. The first kappa shape index (κ1) is 24.8. The van der Waals surface area contributed by atoms with Crippen LogP contribution in [0.5, 0.6) is 0 Å². The molecule has 0 aromatic heterocycles. The summed E-state index contributed by atoms with van der Waals surface area (Å²) in [6.07, 6.45) is 0. The van der Waals surface area contributed by atoms with E-state index in [1.807, 2.05) is 19.1 Å². The molecule has 7 nitrogen and oxygen atoms in total. The Kier molecular flexibility index (Phi) is 6.15. The van der Waals surface area contributed by atoms with Crippen LogP contribution in [-0.4, -0.2) is 24.5 Å². The van der Waals surface area contributed by atoms with Crippen molar-refractivity contribution in [2.24, 2.45) is 0 Å². The van der Waals surface area contributed by atoms with E-state index in [2.05, 4.69) is 30.4 Å². The Hall–Kier alpha value is -3.92. The van der Waals surface area contributed by atoms with Crippen LogP contribution in [0.4, 0.5) is 17.1 Å². The van der Waals surface area contributed by atoms with Gasteiger partial charge in [-0.1, -0.05) is 53.7 Å². The minimum absolute atomic E-state index is 0.0395. The van der Waals surface area contributed by atoms with Gasteiger partial charge in [0.2, 0.25) is 0 Å². The Bertz CT molecular complexity index is 1710. The summed E-state index contributed by atoms with van der Waals surface area (Å²) in [7, 11) is -4.78. The zero-order valence-corrected chi connectivity index (χ0v) is 21.5. The van der Waals surface area contributed by atoms with Gasteiger partial charge in [0.15, 0.2) is 11.6 Å². The van der Waals surface area contributed by atoms with Gasteiger partial charge in [0.05, 0.1) is 22.5 Å². The highest BCUT2D eigenvalue weighted by Gasteiger charge is 2.36. The molecule has 0 bridgehead atoms. The van der Waals surface area contributed by atoms with Crippen LogP contribution >= 0.6 is 11.8 Å². The molecule has 0 heterocycles. The molecule has 0 saturated heterocycles. The first-order chi connectivity index (χ1) is 17.5. The van der Waals surface area contributed by atoms with Crippen molar-refractivity contribution in [1.29, 1.82) is 0 Å². The van der Waals surface area contributed by atoms with Crippen LogP contribution in [0.1, 0.15) is 43.0 Å². The molecule has 0 fully saturated rings. The smallest absolute Gasteiger partial charge is 0.296 e. The number of fused-ring (bicyclic) bond motifs is 2. The summed E-state index contributed by atoms with van der Waals surface area (Å²) < 4.78 is 34.0. The number of nitrogen functional groups attached to an aromatic ring is 1. The number of hydrogen-bond acceptors (Lipinski definition) is 7. The Morgan fingerprint density at radius 1 is 0.838 bits per heavy atom. The summed E-state index contributed by atoms with van der Waals surface area (Å²) in [5.41, 5.74) is 8.57. The maximum atomic E-state index is 13.4. The Morgan fingerprint density at radius 2 is 1.46 bits per heavy atom. The normalized spacial score (nSPS) is 12.7. The quantitative estimate of drug-likeness (QED) is 0.192. The zero-order chi connectivity index (χ0) is 26.5. The lowest BCUT2D eigenvalue weighted by molar-refractivity contribution is 0.0980. The molecule has 37 heavy (non-hydrogen) atoms. The molecular weight excluding hydrogens is 508 g/mol. The topological polar surface area (TPSA) is 127 Å². The molecule has 0 spiro atoms. The van der Waals surface area contributed by atoms with Gasteiger partial charge >= 0.3 is 0 Å². The molecule has 0 unspecified atom stereocenters. The molecule has 1 aliphatic carbocycles. The lowest BCUT2D eigenvalue weighted by atomic mass is 9.82. The summed E-state index contributed by atoms with van der Waals surface area (Å²) in [5, 5.41) is 3.05. The van der Waals surface area contributed by atoms with E-state index < -0.39 is 32.3 Å². The first-order valence-corrected chi connectivity index (χ1v) is 13.5. The molecule has 1 aliphatic rings. The van der Waals surface area contributed by atoms with Gasteiger partial charge in [-0.05, 0) is 55.8 Å². The van der Waals surface area contributed by atoms with Crippen molar-refractivity contribution < 1.29 is 22.6 Å². The van der Waals surface area contributed by atoms with Gasteiger partial charge in [-0.15, -0.1) is 0 Å². The highest BCUT2D eigenvalue weighted by Crippen LogP contribution is 2.40. The fourth-order valence-corrected chi connectivity index (χ4v) is 5.94. The number of ketones is 2. The minimum atomic E-state index is -4.78. The van der Waals surface area contributed by atoms with Crippen LogP contribution in [0.25, 0.3) is 0 Å². The van der Waals surface area contributed by atoms with E-state index in [9.17, 15) is 22.6 Å². The summed E-state index contributed by atoms with van der Waals surface area (Å²) in [5.74, 6) is -1.06. The number of nitrogens with one attached hydrogen (secondary N) is 1. The highest BCUT2D eigenvalue weighted by atomic mass is 32.2. The summed E-state index contributed by atoms with van der Waals surface area (Å²) in [6.45, 7) is 4.10. The summed E-state index contributed by atoms with van der Waals surface area (Å²) in [6, 6.07) is 20.9. The predicted octanol–water partition coefficient (Wildman–Crippen LogP) is 5.80. The van der Waals surface area contributed by atoms with Gasteiger partial charge in [0, 0.05) is 26.6 Å². The number of rotatable bonds is 5. The molecular formula is C28H22N2O5S2. The number of nitrogens with two attached hydrogens (primary N) is 1. The van der Waals surface area contributed by atoms with Crippen molar-refractivity contribution in [2.75, 3.05) is 11.1 Å². The second kappa shape index (κ2) is 9.19. The van der Waals surface area contributed by atoms with Gasteiger partial charge in [0.25, 0.3) is 10.1 Å². The molecule has 0 amide bonds. The highest BCUT2D eigenvalue weighted by molar-refractivity contribution is 7.99. The van der Waals surface area contributed by atoms with Crippen LogP contribution < -0.4 is 11.1 Å². The second-order valence-electron chi connectivity index (χ2n) is 8.79. The van der Waals surface area contributed by atoms with E-state index in [1.165, 1.54) is 23.3 Å². The van der Waals surface area contributed by atoms with Crippen LogP contribution in [0.3, 0.4) is 0 Å². The Labute approximate surface area is 218 Å². The fraction of sp³-hybridized carbons (Fsp3) is 0.0714. The molecule has 0 radical (unpaired) electrons. The third-order valence-electron chi connectivity index (χ3n) is 6.17. The van der Waals surface area contributed by atoms with Crippen LogP contribution in [0, 0.1) is 13.8 Å². The van der Waals surface area contributed by atoms with E-state index >= 15 is 0 Å². The van der Waals surface area contributed by atoms with Gasteiger partial charge in [-0.2, -0.15) is 8.42 Å². The van der Waals surface area contributed by atoms with Crippen LogP contribution in [-0.2, 0) is 10.1 Å². The van der Waals surface area contributed by atoms with Crippen molar-refractivity contribution in [3.63, 3.8) is 0 Å². The average molecular weight is 531 g/mol. The largest absolute Gasteiger partial charge is 0.397 e. The molecule has 0 saturated carbocycles. The van der Waals surface area contributed by atoms with Crippen LogP contribution in [0.15, 0.2) is 87.5 Å². The lowest BCUT2D eigenvalue weighted by Crippen LogP contribution is -2.25. The molecule has 4 aromatic rings. The third kappa shape index (κ3) is 4.53. The maximum absolute atomic E-state index is 13.4. The standard InChI is InChI=1S/C28H22N2O5S2/c1-15-7-12-22(16(2)13-15)36-18-10-8-17(9-11-18)30-21-14-23(37(33,34)35)26(29)25-24(21)27(31)19-5-3-4-6-20(19)28(25)32/h3-14,30H,29H2,1-2H3,(H,33,34,35). The van der Waals surface area contributed by atoms with Crippen molar-refractivity contribution in [1.82, 2.24) is 0 Å². The number of benzene rings is 4. The predicted molar refractivity (Wildman–Crippen MR) is 144 cm³/mol. The van der Waals surface area contributed by atoms with Crippen molar-refractivity contribution in [2.45, 2.75) is 28.5 Å². The molecule has 4 aromatic carbocycles. The van der Waals surface area contributed by atoms with Gasteiger partial charge in [-0.3, -0.25) is 14.1 Å². The van der Waals surface area contributed by atoms with E-state index in [1.54, 1.807) is 36.0 Å². The molecule has 0 atom stereocenters. The number of aryl methyl sites for hydroxylation is 2. The number of hydrogen-bond donors (Lipinski definition) is 3. The molecule has 4 N–H and O–H groups in total. The van der Waals surface area contributed by atoms with Crippen molar-refractivity contribution >= 4 is 50.5 Å². The maximum Gasteiger partial charge on any atom is 0.296 e. The van der Waals surface area contributed by atoms with Gasteiger partial charge in [-0.25, -0.2) is 0 Å². The van der Waals surface area contributed by atoms with E-state index in [0.29, 0.717) is 5.69 Å². The fourth-order valence-electron chi connectivity index (χ4n) is 4.41. The number of anilines is 3. The van der Waals surface area contributed by atoms with Crippen molar-refractivity contribution in [3.8, 4) is 0 Å². The molecule has 0 aliphatic heterocycles. The second-order valence-corrected chi connectivity index (χ2v) is 11.3. The van der Waals surface area contributed by atoms with Gasteiger partial charge in [0.1, 0.15) is 4.90 Å². The Morgan fingerprint density at radius 3 is 2.05 bits per heavy atom. The SMILES string of the molecule is Cc1ccc(Sc2ccc(Nc3cc(S(=O)(=O)O)c(N)c4c3C(=O)c3ccccc3C4=O)cc2)c(C)c1. The lowest BCUT2D eigenvalue weighted by Gasteiger charge is -2.23. The summed E-state index contributed by atoms with van der Waals surface area (Å²) in [4.78, 5) is 28.2. The third-order valence-corrected chi connectivity index (χ3v) is 8.25. The Balaban J connectivity index is 1.56. The minimum Gasteiger partial charge on any atom is -0.397 e. The summed E-state index contributed by atoms with van der Waals surface area (Å²) >= 11 is 1.61. The number of carbonyl (C=O) groups excluding carboxylic acids is 2. The van der Waals surface area contributed by atoms with Crippen LogP contribution in [0.2, 0.25) is 0 Å². The van der Waals surface area contributed by atoms with E-state index in [0.717, 1.165) is 15.9 Å². The van der Waals surface area contributed by atoms with E-state index in [4.69, 9.17) is 5.73 Å². The van der Waals surface area contributed by atoms with Crippen molar-refractivity contribution in [3.05, 3.63) is 106 Å². The zero-order valence-electron chi connectivity index (χ0n) is 19.9. The molecule has 5 rings (SSSR count). The average Bonchev–Trinajstić information content (AvgIpc) is 2.85. The monoisotopic (exact) mass is 530 g/mol. The number of carbonyl (C=O) groups is 2. The van der Waals surface area contributed by atoms with Gasteiger partial charge < -0.3 is 11.1 Å².